The normalized spacial score (nSPS) is 10.9. The SMILES string of the molecule is Cc1ccc(-c2nc(N)c(C(=O)NCc3c(F)cccc3F)nc2-c2ccc(=O)n(C)c2)o1. The molecule has 0 aliphatic heterocycles. The lowest BCUT2D eigenvalue weighted by atomic mass is 10.1. The largest absolute Gasteiger partial charge is 0.460 e. The van der Waals surface area contributed by atoms with Crippen molar-refractivity contribution in [3.8, 4) is 22.7 Å². The zero-order valence-electron chi connectivity index (χ0n) is 17.7. The molecule has 1 aromatic carbocycles. The van der Waals surface area contributed by atoms with Gasteiger partial charge >= 0.3 is 0 Å². The molecule has 4 aromatic rings. The quantitative estimate of drug-likeness (QED) is 0.481. The molecule has 3 heterocycles. The molecule has 0 aliphatic carbocycles. The molecule has 8 nitrogen and oxygen atoms in total. The minimum absolute atomic E-state index is 0.195. The molecule has 10 heteroatoms. The van der Waals surface area contributed by atoms with Crippen molar-refractivity contribution in [3.63, 3.8) is 0 Å². The summed E-state index contributed by atoms with van der Waals surface area (Å²) < 4.78 is 34.8. The molecule has 0 unspecified atom stereocenters. The highest BCUT2D eigenvalue weighted by atomic mass is 19.1. The standard InChI is InChI=1S/C23H19F2N5O3/c1-12-6-8-17(33-12)20-19(13-7-9-18(31)30(2)11-13)28-21(22(26)29-20)23(32)27-10-14-15(24)4-3-5-16(14)25/h3-9,11H,10H2,1-2H3,(H2,26,29)(H,27,32). The van der Waals surface area contributed by atoms with E-state index in [2.05, 4.69) is 15.3 Å². The average molecular weight is 451 g/mol. The molecule has 3 N–H and O–H groups in total. The van der Waals surface area contributed by atoms with E-state index >= 15 is 0 Å². The molecule has 4 rings (SSSR count). The number of aryl methyl sites for hydroxylation is 2. The summed E-state index contributed by atoms with van der Waals surface area (Å²) >= 11 is 0. The Kier molecular flexibility index (Phi) is 5.74. The first-order chi connectivity index (χ1) is 15.7. The highest BCUT2D eigenvalue weighted by Crippen LogP contribution is 2.31. The zero-order valence-corrected chi connectivity index (χ0v) is 17.7. The number of nitrogen functional groups attached to an aromatic ring is 1. The number of hydrogen-bond acceptors (Lipinski definition) is 6. The Balaban J connectivity index is 1.77. The van der Waals surface area contributed by atoms with Crippen LogP contribution in [0.3, 0.4) is 0 Å². The van der Waals surface area contributed by atoms with E-state index in [0.29, 0.717) is 17.1 Å². The zero-order chi connectivity index (χ0) is 23.7. The number of anilines is 1. The predicted molar refractivity (Wildman–Crippen MR) is 117 cm³/mol. The number of halogens is 2. The van der Waals surface area contributed by atoms with Crippen molar-refractivity contribution in [3.05, 3.63) is 87.7 Å². The van der Waals surface area contributed by atoms with Gasteiger partial charge in [-0.05, 0) is 37.3 Å². The van der Waals surface area contributed by atoms with Gasteiger partial charge < -0.3 is 20.0 Å². The summed E-state index contributed by atoms with van der Waals surface area (Å²) in [6, 6.07) is 9.73. The van der Waals surface area contributed by atoms with Crippen molar-refractivity contribution in [1.29, 1.82) is 0 Å². The van der Waals surface area contributed by atoms with E-state index in [0.717, 1.165) is 12.1 Å². The fourth-order valence-electron chi connectivity index (χ4n) is 3.24. The summed E-state index contributed by atoms with van der Waals surface area (Å²) in [5, 5.41) is 2.42. The van der Waals surface area contributed by atoms with Gasteiger partial charge in [-0.2, -0.15) is 0 Å². The maximum atomic E-state index is 13.9. The van der Waals surface area contributed by atoms with Crippen molar-refractivity contribution in [2.24, 2.45) is 7.05 Å². The monoisotopic (exact) mass is 451 g/mol. The fraction of sp³-hybridized carbons (Fsp3) is 0.130. The summed E-state index contributed by atoms with van der Waals surface area (Å²) in [4.78, 5) is 33.3. The number of rotatable bonds is 5. The highest BCUT2D eigenvalue weighted by Gasteiger charge is 2.22. The molecular formula is C23H19F2N5O3. The van der Waals surface area contributed by atoms with Gasteiger partial charge in [-0.1, -0.05) is 6.07 Å². The van der Waals surface area contributed by atoms with Gasteiger partial charge in [0.15, 0.2) is 17.3 Å². The van der Waals surface area contributed by atoms with Gasteiger partial charge in [-0.3, -0.25) is 9.59 Å². The Labute approximate surface area is 186 Å². The van der Waals surface area contributed by atoms with Crippen LogP contribution in [0.25, 0.3) is 22.7 Å². The summed E-state index contributed by atoms with van der Waals surface area (Å²) in [5.41, 5.74) is 6.27. The second kappa shape index (κ2) is 8.65. The van der Waals surface area contributed by atoms with Crippen LogP contribution in [0.4, 0.5) is 14.6 Å². The third kappa shape index (κ3) is 4.36. The minimum Gasteiger partial charge on any atom is -0.460 e. The van der Waals surface area contributed by atoms with Gasteiger partial charge in [0.05, 0.1) is 0 Å². The van der Waals surface area contributed by atoms with Gasteiger partial charge in [-0.15, -0.1) is 0 Å². The summed E-state index contributed by atoms with van der Waals surface area (Å²) in [6.45, 7) is 1.35. The molecule has 0 fully saturated rings. The van der Waals surface area contributed by atoms with Crippen LogP contribution in [-0.4, -0.2) is 20.4 Å². The number of hydrogen-bond donors (Lipinski definition) is 2. The molecule has 0 aliphatic rings. The summed E-state index contributed by atoms with van der Waals surface area (Å²) in [6.07, 6.45) is 1.54. The highest BCUT2D eigenvalue weighted by molar-refractivity contribution is 5.97. The molecule has 0 radical (unpaired) electrons. The van der Waals surface area contributed by atoms with Gasteiger partial charge in [-0.25, -0.2) is 18.7 Å². The van der Waals surface area contributed by atoms with E-state index in [1.54, 1.807) is 26.1 Å². The average Bonchev–Trinajstić information content (AvgIpc) is 3.21. The van der Waals surface area contributed by atoms with Crippen LogP contribution in [0.15, 0.2) is 57.9 Å². The Bertz CT molecular complexity index is 1410. The molecule has 0 atom stereocenters. The number of nitrogens with two attached hydrogens (primary N) is 1. The Morgan fingerprint density at radius 1 is 1.09 bits per heavy atom. The van der Waals surface area contributed by atoms with E-state index in [-0.39, 0.29) is 34.0 Å². The van der Waals surface area contributed by atoms with Gasteiger partial charge in [0.1, 0.15) is 28.8 Å². The maximum Gasteiger partial charge on any atom is 0.274 e. The number of pyridine rings is 1. The van der Waals surface area contributed by atoms with Crippen LogP contribution < -0.4 is 16.6 Å². The van der Waals surface area contributed by atoms with E-state index in [1.807, 2.05) is 0 Å². The number of aromatic nitrogens is 3. The maximum absolute atomic E-state index is 13.9. The van der Waals surface area contributed by atoms with Gasteiger partial charge in [0.25, 0.3) is 5.91 Å². The minimum atomic E-state index is -0.788. The molecular weight excluding hydrogens is 432 g/mol. The van der Waals surface area contributed by atoms with Crippen LogP contribution in [0.1, 0.15) is 21.8 Å². The molecule has 0 saturated heterocycles. The number of carbonyl (C=O) groups is 1. The number of benzene rings is 1. The Morgan fingerprint density at radius 2 is 1.82 bits per heavy atom. The summed E-state index contributed by atoms with van der Waals surface area (Å²) in [7, 11) is 1.57. The first-order valence-electron chi connectivity index (χ1n) is 9.87. The van der Waals surface area contributed by atoms with Crippen LogP contribution >= 0.6 is 0 Å². The third-order valence-corrected chi connectivity index (χ3v) is 4.96. The molecule has 0 bridgehead atoms. The molecule has 0 saturated carbocycles. The van der Waals surface area contributed by atoms with Crippen LogP contribution in [-0.2, 0) is 13.6 Å². The van der Waals surface area contributed by atoms with Crippen LogP contribution in [0.5, 0.6) is 0 Å². The van der Waals surface area contributed by atoms with Gasteiger partial charge in [0, 0.05) is 37.0 Å². The lowest BCUT2D eigenvalue weighted by Gasteiger charge is -2.13. The smallest absolute Gasteiger partial charge is 0.274 e. The predicted octanol–water partition coefficient (Wildman–Crippen LogP) is 3.20. The lowest BCUT2D eigenvalue weighted by Crippen LogP contribution is -2.26. The van der Waals surface area contributed by atoms with Crippen LogP contribution in [0, 0.1) is 18.6 Å². The second-order valence-corrected chi connectivity index (χ2v) is 7.31. The number of furan rings is 1. The van der Waals surface area contributed by atoms with Crippen molar-refractivity contribution in [2.75, 3.05) is 5.73 Å². The number of amides is 1. The second-order valence-electron chi connectivity index (χ2n) is 7.31. The van der Waals surface area contributed by atoms with Crippen molar-refractivity contribution >= 4 is 11.7 Å². The first-order valence-corrected chi connectivity index (χ1v) is 9.87. The first kappa shape index (κ1) is 21.9. The number of nitrogens with zero attached hydrogens (tertiary/aromatic N) is 3. The van der Waals surface area contributed by atoms with Crippen molar-refractivity contribution < 1.29 is 18.0 Å². The number of carbonyl (C=O) groups excluding carboxylic acids is 1. The summed E-state index contributed by atoms with van der Waals surface area (Å²) in [5.74, 6) is -1.54. The number of nitrogens with one attached hydrogen (secondary N) is 1. The third-order valence-electron chi connectivity index (χ3n) is 4.96. The molecule has 33 heavy (non-hydrogen) atoms. The Morgan fingerprint density at radius 3 is 2.45 bits per heavy atom. The van der Waals surface area contributed by atoms with Crippen molar-refractivity contribution in [2.45, 2.75) is 13.5 Å². The van der Waals surface area contributed by atoms with Gasteiger partial charge in [0.2, 0.25) is 5.56 Å². The molecule has 168 valence electrons. The Hall–Kier alpha value is -4.34. The molecule has 3 aromatic heterocycles. The molecule has 1 amide bonds. The van der Waals surface area contributed by atoms with Crippen molar-refractivity contribution in [1.82, 2.24) is 19.9 Å². The van der Waals surface area contributed by atoms with E-state index in [1.165, 1.54) is 29.0 Å². The topological polar surface area (TPSA) is 116 Å². The fourth-order valence-corrected chi connectivity index (χ4v) is 3.24. The van der Waals surface area contributed by atoms with E-state index in [9.17, 15) is 18.4 Å². The molecule has 0 spiro atoms. The lowest BCUT2D eigenvalue weighted by molar-refractivity contribution is 0.0946. The van der Waals surface area contributed by atoms with E-state index < -0.39 is 24.1 Å². The van der Waals surface area contributed by atoms with Crippen LogP contribution in [0.2, 0.25) is 0 Å². The van der Waals surface area contributed by atoms with E-state index in [4.69, 9.17) is 10.2 Å².